The minimum atomic E-state index is 0.0357. The first-order chi connectivity index (χ1) is 11.1. The molecule has 1 aliphatic rings. The highest BCUT2D eigenvalue weighted by molar-refractivity contribution is 7.80. The summed E-state index contributed by atoms with van der Waals surface area (Å²) in [6, 6.07) is 10.4. The van der Waals surface area contributed by atoms with Crippen LogP contribution in [-0.2, 0) is 11.8 Å². The van der Waals surface area contributed by atoms with Crippen LogP contribution in [0.4, 0.5) is 0 Å². The molecule has 0 saturated carbocycles. The molecule has 0 radical (unpaired) electrons. The van der Waals surface area contributed by atoms with Crippen molar-refractivity contribution in [3.8, 4) is 0 Å². The van der Waals surface area contributed by atoms with Crippen LogP contribution in [0.25, 0.3) is 0 Å². The molecule has 0 aliphatic carbocycles. The summed E-state index contributed by atoms with van der Waals surface area (Å²) in [6.45, 7) is 3.50. The summed E-state index contributed by atoms with van der Waals surface area (Å²) in [5.74, 6) is 0. The van der Waals surface area contributed by atoms with Crippen molar-refractivity contribution in [2.24, 2.45) is 7.05 Å². The molecule has 3 rings (SSSR count). The summed E-state index contributed by atoms with van der Waals surface area (Å²) in [4.78, 5) is 6.73. The third kappa shape index (κ3) is 2.96. The maximum Gasteiger partial charge on any atom is 0.170 e. The molecule has 1 saturated heterocycles. The molecule has 0 spiro atoms. The molecule has 0 aromatic carbocycles. The molecule has 2 atom stereocenters. The maximum absolute atomic E-state index is 5.58. The predicted octanol–water partition coefficient (Wildman–Crippen LogP) is 2.35. The highest BCUT2D eigenvalue weighted by atomic mass is 32.1. The minimum absolute atomic E-state index is 0.0357. The van der Waals surface area contributed by atoms with E-state index in [0.717, 1.165) is 17.4 Å². The minimum Gasteiger partial charge on any atom is -0.383 e. The van der Waals surface area contributed by atoms with Crippen LogP contribution in [0.5, 0.6) is 0 Å². The van der Waals surface area contributed by atoms with Gasteiger partial charge in [-0.2, -0.15) is 0 Å². The molecule has 2 aromatic heterocycles. The summed E-state index contributed by atoms with van der Waals surface area (Å²) < 4.78 is 7.48. The molecule has 23 heavy (non-hydrogen) atoms. The molecule has 1 aliphatic heterocycles. The summed E-state index contributed by atoms with van der Waals surface area (Å²) in [5, 5.41) is 4.19. The molecule has 2 unspecified atom stereocenters. The van der Waals surface area contributed by atoms with Crippen molar-refractivity contribution >= 4 is 17.3 Å². The van der Waals surface area contributed by atoms with Crippen LogP contribution in [0.2, 0.25) is 0 Å². The van der Waals surface area contributed by atoms with Gasteiger partial charge in [-0.25, -0.2) is 0 Å². The van der Waals surface area contributed by atoms with Gasteiger partial charge in [0.05, 0.1) is 24.4 Å². The van der Waals surface area contributed by atoms with Crippen LogP contribution in [-0.4, -0.2) is 39.8 Å². The van der Waals surface area contributed by atoms with Gasteiger partial charge >= 0.3 is 0 Å². The second-order valence-electron chi connectivity index (χ2n) is 5.77. The van der Waals surface area contributed by atoms with E-state index >= 15 is 0 Å². The summed E-state index contributed by atoms with van der Waals surface area (Å²) in [7, 11) is 3.81. The predicted molar refractivity (Wildman–Crippen MR) is 94.2 cm³/mol. The number of aromatic nitrogens is 2. The number of rotatable bonds is 5. The monoisotopic (exact) mass is 330 g/mol. The second kappa shape index (κ2) is 6.68. The SMILES string of the molecule is COCCN1C(=S)NC(c2ccccn2)C1c1ccc(C)n1C. The second-order valence-corrected chi connectivity index (χ2v) is 6.16. The van der Waals surface area contributed by atoms with Crippen molar-refractivity contribution in [3.63, 3.8) is 0 Å². The van der Waals surface area contributed by atoms with Crippen LogP contribution in [0, 0.1) is 6.92 Å². The zero-order valence-corrected chi connectivity index (χ0v) is 14.5. The van der Waals surface area contributed by atoms with Crippen LogP contribution < -0.4 is 5.32 Å². The van der Waals surface area contributed by atoms with Crippen molar-refractivity contribution in [3.05, 3.63) is 53.6 Å². The Kier molecular flexibility index (Phi) is 4.63. The van der Waals surface area contributed by atoms with E-state index in [-0.39, 0.29) is 12.1 Å². The summed E-state index contributed by atoms with van der Waals surface area (Å²) in [5.41, 5.74) is 3.45. The maximum atomic E-state index is 5.58. The van der Waals surface area contributed by atoms with Crippen LogP contribution >= 0.6 is 12.2 Å². The third-order valence-corrected chi connectivity index (χ3v) is 4.80. The number of ether oxygens (including phenoxy) is 1. The van der Waals surface area contributed by atoms with E-state index in [4.69, 9.17) is 17.0 Å². The van der Waals surface area contributed by atoms with E-state index in [1.54, 1.807) is 7.11 Å². The van der Waals surface area contributed by atoms with Crippen molar-refractivity contribution in [1.29, 1.82) is 0 Å². The lowest BCUT2D eigenvalue weighted by Gasteiger charge is -2.28. The first kappa shape index (κ1) is 16.0. The van der Waals surface area contributed by atoms with Crippen molar-refractivity contribution in [2.45, 2.75) is 19.0 Å². The van der Waals surface area contributed by atoms with E-state index in [1.807, 2.05) is 24.4 Å². The fourth-order valence-electron chi connectivity index (χ4n) is 3.09. The van der Waals surface area contributed by atoms with Gasteiger partial charge in [0.1, 0.15) is 0 Å². The Labute approximate surface area is 142 Å². The zero-order chi connectivity index (χ0) is 16.4. The molecule has 2 aromatic rings. The van der Waals surface area contributed by atoms with Gasteiger partial charge in [-0.3, -0.25) is 4.98 Å². The normalized spacial score (nSPS) is 20.8. The number of hydrogen-bond donors (Lipinski definition) is 1. The first-order valence-corrected chi connectivity index (χ1v) is 8.13. The molecular formula is C17H22N4OS. The van der Waals surface area contributed by atoms with E-state index < -0.39 is 0 Å². The van der Waals surface area contributed by atoms with Gasteiger partial charge in [0, 0.05) is 38.3 Å². The number of aryl methyl sites for hydroxylation is 1. The Hall–Kier alpha value is -1.92. The van der Waals surface area contributed by atoms with Crippen LogP contribution in [0.15, 0.2) is 36.5 Å². The Bertz CT molecular complexity index is 685. The van der Waals surface area contributed by atoms with Gasteiger partial charge < -0.3 is 19.5 Å². The number of pyridine rings is 1. The van der Waals surface area contributed by atoms with Crippen molar-refractivity contribution in [1.82, 2.24) is 19.8 Å². The summed E-state index contributed by atoms with van der Waals surface area (Å²) >= 11 is 5.58. The number of thiocarbonyl (C=S) groups is 1. The Morgan fingerprint density at radius 2 is 2.13 bits per heavy atom. The fourth-order valence-corrected chi connectivity index (χ4v) is 3.42. The largest absolute Gasteiger partial charge is 0.383 e. The molecule has 3 heterocycles. The van der Waals surface area contributed by atoms with Crippen LogP contribution in [0.1, 0.15) is 29.2 Å². The quantitative estimate of drug-likeness (QED) is 0.853. The first-order valence-electron chi connectivity index (χ1n) is 7.72. The lowest BCUT2D eigenvalue weighted by molar-refractivity contribution is 0.162. The average Bonchev–Trinajstić information content (AvgIpc) is 3.06. The Morgan fingerprint density at radius 3 is 2.74 bits per heavy atom. The topological polar surface area (TPSA) is 42.3 Å². The van der Waals surface area contributed by atoms with E-state index in [9.17, 15) is 0 Å². The van der Waals surface area contributed by atoms with Crippen molar-refractivity contribution in [2.75, 3.05) is 20.3 Å². The van der Waals surface area contributed by atoms with E-state index in [1.165, 1.54) is 11.4 Å². The van der Waals surface area contributed by atoms with E-state index in [2.05, 4.69) is 45.9 Å². The lowest BCUT2D eigenvalue weighted by Crippen LogP contribution is -2.33. The molecule has 0 amide bonds. The smallest absolute Gasteiger partial charge is 0.170 e. The molecule has 0 bridgehead atoms. The van der Waals surface area contributed by atoms with Gasteiger partial charge in [0.25, 0.3) is 0 Å². The van der Waals surface area contributed by atoms with Gasteiger partial charge in [-0.05, 0) is 43.4 Å². The average molecular weight is 330 g/mol. The standard InChI is InChI=1S/C17H22N4OS/c1-12-7-8-14(20(12)2)16-15(13-6-4-5-9-18-13)19-17(23)21(16)10-11-22-3/h4-9,15-16H,10-11H2,1-3H3,(H,19,23). The highest BCUT2D eigenvalue weighted by Gasteiger charge is 2.40. The molecular weight excluding hydrogens is 308 g/mol. The lowest BCUT2D eigenvalue weighted by atomic mass is 10.0. The van der Waals surface area contributed by atoms with E-state index in [0.29, 0.717) is 6.61 Å². The van der Waals surface area contributed by atoms with Crippen molar-refractivity contribution < 1.29 is 4.74 Å². The van der Waals surface area contributed by atoms with Gasteiger partial charge in [-0.15, -0.1) is 0 Å². The molecule has 1 fully saturated rings. The van der Waals surface area contributed by atoms with Gasteiger partial charge in [-0.1, -0.05) is 6.07 Å². The van der Waals surface area contributed by atoms with Gasteiger partial charge in [0.2, 0.25) is 0 Å². The number of nitrogens with zero attached hydrogens (tertiary/aromatic N) is 3. The molecule has 122 valence electrons. The molecule has 6 heteroatoms. The fraction of sp³-hybridized carbons (Fsp3) is 0.412. The number of nitrogens with one attached hydrogen (secondary N) is 1. The van der Waals surface area contributed by atoms with Gasteiger partial charge in [0.15, 0.2) is 5.11 Å². The molecule has 1 N–H and O–H groups in total. The Morgan fingerprint density at radius 1 is 1.30 bits per heavy atom. The van der Waals surface area contributed by atoms with Crippen LogP contribution in [0.3, 0.4) is 0 Å². The number of methoxy groups -OCH3 is 1. The number of hydrogen-bond acceptors (Lipinski definition) is 3. The zero-order valence-electron chi connectivity index (χ0n) is 13.7. The third-order valence-electron chi connectivity index (χ3n) is 4.45. The molecule has 5 nitrogen and oxygen atoms in total. The summed E-state index contributed by atoms with van der Waals surface area (Å²) in [6.07, 6.45) is 1.82. The Balaban J connectivity index is 2.01. The highest BCUT2D eigenvalue weighted by Crippen LogP contribution is 2.38.